The molecule has 0 bridgehead atoms. The van der Waals surface area contributed by atoms with Gasteiger partial charge in [0.05, 0.1) is 11.2 Å². The number of nitrogens with two attached hydrogens (primary N) is 1. The number of hydrogen-bond donors (Lipinski definition) is 2. The molecule has 0 aliphatic carbocycles. The van der Waals surface area contributed by atoms with Gasteiger partial charge in [-0.1, -0.05) is 13.8 Å². The van der Waals surface area contributed by atoms with Gasteiger partial charge in [-0.25, -0.2) is 19.3 Å². The highest BCUT2D eigenvalue weighted by atomic mass is 19.1. The predicted octanol–water partition coefficient (Wildman–Crippen LogP) is 3.95. The number of benzene rings is 1. The first kappa shape index (κ1) is 19.9. The first-order chi connectivity index (χ1) is 13.7. The van der Waals surface area contributed by atoms with Crippen LogP contribution >= 0.6 is 0 Å². The van der Waals surface area contributed by atoms with Crippen LogP contribution in [0.15, 0.2) is 36.7 Å². The van der Waals surface area contributed by atoms with E-state index in [9.17, 15) is 4.39 Å². The number of halogens is 1. The number of fused-ring (bicyclic) bond motifs is 1. The Morgan fingerprint density at radius 2 is 1.89 bits per heavy atom. The summed E-state index contributed by atoms with van der Waals surface area (Å²) in [7, 11) is 0. The summed E-state index contributed by atoms with van der Waals surface area (Å²) in [5, 5.41) is 3.31. The summed E-state index contributed by atoms with van der Waals surface area (Å²) in [6.45, 7) is 8.06. The molecule has 1 aliphatic heterocycles. The molecule has 3 heterocycles. The highest BCUT2D eigenvalue weighted by Gasteiger charge is 2.11. The molecule has 1 aliphatic rings. The second-order valence-electron chi connectivity index (χ2n) is 6.53. The Bertz CT molecular complexity index is 924. The Hall–Kier alpha value is -2.80. The third-order valence-electron chi connectivity index (χ3n) is 4.66. The molecule has 6 nitrogen and oxygen atoms in total. The number of aromatic nitrogens is 3. The van der Waals surface area contributed by atoms with Crippen molar-refractivity contribution in [3.05, 3.63) is 42.5 Å². The molecule has 4 rings (SSSR count). The van der Waals surface area contributed by atoms with Crippen molar-refractivity contribution in [3.8, 4) is 11.3 Å². The second kappa shape index (κ2) is 9.41. The van der Waals surface area contributed by atoms with Crippen LogP contribution in [0, 0.1) is 5.82 Å². The van der Waals surface area contributed by atoms with Gasteiger partial charge in [0.2, 0.25) is 0 Å². The molecule has 3 N–H and O–H groups in total. The zero-order valence-corrected chi connectivity index (χ0v) is 16.5. The molecule has 0 saturated carbocycles. The van der Waals surface area contributed by atoms with Gasteiger partial charge in [-0.05, 0) is 56.3 Å². The summed E-state index contributed by atoms with van der Waals surface area (Å²) in [6.07, 6.45) is 3.94. The number of nitrogen functional groups attached to an aromatic ring is 1. The first-order valence-electron chi connectivity index (χ1n) is 9.83. The minimum atomic E-state index is -0.301. The molecule has 0 unspecified atom stereocenters. The highest BCUT2D eigenvalue weighted by molar-refractivity contribution is 5.86. The van der Waals surface area contributed by atoms with Gasteiger partial charge in [-0.2, -0.15) is 0 Å². The molecule has 148 valence electrons. The van der Waals surface area contributed by atoms with E-state index >= 15 is 0 Å². The number of anilines is 2. The normalized spacial score (nSPS) is 14.0. The molecule has 28 heavy (non-hydrogen) atoms. The number of rotatable bonds is 5. The van der Waals surface area contributed by atoms with Gasteiger partial charge in [0.15, 0.2) is 5.82 Å². The average molecular weight is 382 g/mol. The lowest BCUT2D eigenvalue weighted by molar-refractivity contribution is 0.352. The zero-order chi connectivity index (χ0) is 19.9. The summed E-state index contributed by atoms with van der Waals surface area (Å²) >= 11 is 0. The van der Waals surface area contributed by atoms with Crippen molar-refractivity contribution in [2.45, 2.75) is 26.7 Å². The minimum Gasteiger partial charge on any atom is -0.384 e. The Balaban J connectivity index is 0.00000109. The number of pyridine rings is 1. The maximum absolute atomic E-state index is 14.1. The number of nitrogens with one attached hydrogen (secondary N) is 1. The molecule has 3 aromatic rings. The molecule has 0 radical (unpaired) electrons. The summed E-state index contributed by atoms with van der Waals surface area (Å²) in [5.41, 5.74) is 9.16. The van der Waals surface area contributed by atoms with E-state index in [1.807, 2.05) is 32.0 Å². The fourth-order valence-electron chi connectivity index (χ4n) is 3.32. The number of nitrogens with zero attached hydrogens (tertiary/aromatic N) is 4. The highest BCUT2D eigenvalue weighted by Crippen LogP contribution is 2.25. The fourth-order valence-corrected chi connectivity index (χ4v) is 3.32. The molecular weight excluding hydrogens is 355 g/mol. The molecule has 0 amide bonds. The van der Waals surface area contributed by atoms with E-state index < -0.39 is 0 Å². The van der Waals surface area contributed by atoms with Gasteiger partial charge in [-0.15, -0.1) is 0 Å². The van der Waals surface area contributed by atoms with Crippen molar-refractivity contribution in [3.63, 3.8) is 0 Å². The number of likely N-dealkylation sites (tertiary alicyclic amines) is 1. The van der Waals surface area contributed by atoms with Gasteiger partial charge >= 0.3 is 0 Å². The van der Waals surface area contributed by atoms with Crippen molar-refractivity contribution in [2.75, 3.05) is 37.2 Å². The Kier molecular flexibility index (Phi) is 6.71. The third kappa shape index (κ3) is 4.72. The van der Waals surface area contributed by atoms with Crippen LogP contribution in [0.25, 0.3) is 22.3 Å². The lowest BCUT2D eigenvalue weighted by atomic mass is 10.1. The van der Waals surface area contributed by atoms with E-state index in [0.717, 1.165) is 31.9 Å². The van der Waals surface area contributed by atoms with Crippen molar-refractivity contribution in [1.82, 2.24) is 19.9 Å². The van der Waals surface area contributed by atoms with Gasteiger partial charge in [-0.3, -0.25) is 0 Å². The van der Waals surface area contributed by atoms with Crippen LogP contribution in [-0.4, -0.2) is 46.0 Å². The largest absolute Gasteiger partial charge is 0.384 e. The smallest absolute Gasteiger partial charge is 0.153 e. The summed E-state index contributed by atoms with van der Waals surface area (Å²) in [5.74, 6) is 0.0163. The molecule has 1 saturated heterocycles. The molecule has 1 fully saturated rings. The molecule has 2 aromatic heterocycles. The SMILES string of the molecule is CC.Nc1ncnc2ccc(-c3cc(F)cc(NCCN4CCCC4)c3)nc12. The van der Waals surface area contributed by atoms with Crippen LogP contribution in [0.5, 0.6) is 0 Å². The van der Waals surface area contributed by atoms with Crippen LogP contribution in [-0.2, 0) is 0 Å². The van der Waals surface area contributed by atoms with Crippen LogP contribution < -0.4 is 11.1 Å². The Morgan fingerprint density at radius 3 is 2.68 bits per heavy atom. The van der Waals surface area contributed by atoms with Crippen LogP contribution in [0.1, 0.15) is 26.7 Å². The maximum Gasteiger partial charge on any atom is 0.153 e. The monoisotopic (exact) mass is 382 g/mol. The molecule has 0 atom stereocenters. The summed E-state index contributed by atoms with van der Waals surface area (Å²) in [4.78, 5) is 15.0. The van der Waals surface area contributed by atoms with Crippen molar-refractivity contribution in [2.24, 2.45) is 0 Å². The molecule has 1 aromatic carbocycles. The van der Waals surface area contributed by atoms with E-state index in [1.165, 1.54) is 31.3 Å². The maximum atomic E-state index is 14.1. The van der Waals surface area contributed by atoms with E-state index in [0.29, 0.717) is 28.1 Å². The van der Waals surface area contributed by atoms with Gasteiger partial charge in [0, 0.05) is 24.3 Å². The van der Waals surface area contributed by atoms with Gasteiger partial charge in [0.1, 0.15) is 17.7 Å². The van der Waals surface area contributed by atoms with Gasteiger partial charge < -0.3 is 16.0 Å². The lowest BCUT2D eigenvalue weighted by Crippen LogP contribution is -2.25. The van der Waals surface area contributed by atoms with Gasteiger partial charge in [0.25, 0.3) is 0 Å². The summed E-state index contributed by atoms with van der Waals surface area (Å²) in [6, 6.07) is 8.52. The fraction of sp³-hybridized carbons (Fsp3) is 0.381. The van der Waals surface area contributed by atoms with Crippen LogP contribution in [0.3, 0.4) is 0 Å². The van der Waals surface area contributed by atoms with E-state index in [2.05, 4.69) is 25.2 Å². The van der Waals surface area contributed by atoms with E-state index in [4.69, 9.17) is 5.73 Å². The molecule has 7 heteroatoms. The van der Waals surface area contributed by atoms with Crippen molar-refractivity contribution in [1.29, 1.82) is 0 Å². The topological polar surface area (TPSA) is 80.0 Å². The minimum absolute atomic E-state index is 0.301. The van der Waals surface area contributed by atoms with E-state index in [1.54, 1.807) is 0 Å². The second-order valence-corrected chi connectivity index (χ2v) is 6.53. The van der Waals surface area contributed by atoms with Crippen LogP contribution in [0.4, 0.5) is 15.9 Å². The predicted molar refractivity (Wildman–Crippen MR) is 113 cm³/mol. The molecular formula is C21H27FN6. The van der Waals surface area contributed by atoms with Crippen molar-refractivity contribution >= 4 is 22.5 Å². The first-order valence-corrected chi connectivity index (χ1v) is 9.83. The number of hydrogen-bond acceptors (Lipinski definition) is 6. The standard InChI is InChI=1S/C19H21FN6.C2H6/c20-14-9-13(10-15(11-14)22-5-8-26-6-1-2-7-26)16-3-4-17-18(25-16)19(21)24-12-23-17;1-2/h3-4,9-12,22H,1-2,5-8H2,(H2,21,23,24);1-2H3. The van der Waals surface area contributed by atoms with Crippen molar-refractivity contribution < 1.29 is 4.39 Å². The Morgan fingerprint density at radius 1 is 1.11 bits per heavy atom. The van der Waals surface area contributed by atoms with Crippen LogP contribution in [0.2, 0.25) is 0 Å². The summed E-state index contributed by atoms with van der Waals surface area (Å²) < 4.78 is 14.1. The zero-order valence-electron chi connectivity index (χ0n) is 16.5. The molecule has 0 spiro atoms. The Labute approximate surface area is 165 Å². The van der Waals surface area contributed by atoms with E-state index in [-0.39, 0.29) is 5.82 Å². The average Bonchev–Trinajstić information content (AvgIpc) is 3.23. The quantitative estimate of drug-likeness (QED) is 0.696. The lowest BCUT2D eigenvalue weighted by Gasteiger charge is -2.16. The third-order valence-corrected chi connectivity index (χ3v) is 4.66.